The number of hydrogen-bond donors (Lipinski definition) is 1. The third-order valence-corrected chi connectivity index (χ3v) is 6.65. The van der Waals surface area contributed by atoms with E-state index in [4.69, 9.17) is 4.98 Å². The third kappa shape index (κ3) is 4.05. The largest absolute Gasteiger partial charge is 0.309 e. The van der Waals surface area contributed by atoms with E-state index in [0.717, 1.165) is 15.4 Å². The predicted octanol–water partition coefficient (Wildman–Crippen LogP) is 2.96. The summed E-state index contributed by atoms with van der Waals surface area (Å²) < 4.78 is 28.2. The summed E-state index contributed by atoms with van der Waals surface area (Å²) in [4.78, 5) is 21.4. The van der Waals surface area contributed by atoms with Gasteiger partial charge in [-0.1, -0.05) is 36.4 Å². The van der Waals surface area contributed by atoms with Gasteiger partial charge in [0, 0.05) is 31.2 Å². The number of aromatic nitrogens is 3. The minimum absolute atomic E-state index is 0.0284. The van der Waals surface area contributed by atoms with E-state index in [0.29, 0.717) is 17.2 Å². The van der Waals surface area contributed by atoms with Gasteiger partial charge >= 0.3 is 0 Å². The molecule has 0 atom stereocenters. The number of carbonyl (C=O) groups is 1. The van der Waals surface area contributed by atoms with E-state index in [-0.39, 0.29) is 11.4 Å². The van der Waals surface area contributed by atoms with E-state index in [2.05, 4.69) is 10.3 Å². The first-order chi connectivity index (χ1) is 14.9. The van der Waals surface area contributed by atoms with Crippen LogP contribution in [-0.2, 0) is 14.8 Å². The molecule has 158 valence electrons. The van der Waals surface area contributed by atoms with Crippen LogP contribution in [0.4, 0.5) is 5.82 Å². The maximum atomic E-state index is 12.8. The Morgan fingerprint density at radius 2 is 1.87 bits per heavy atom. The summed E-state index contributed by atoms with van der Waals surface area (Å²) in [6.45, 7) is 1.58. The molecule has 0 fully saturated rings. The number of likely N-dealkylation sites (N-methyl/N-ethyl adjacent to an activating group) is 1. The van der Waals surface area contributed by atoms with Gasteiger partial charge in [-0.15, -0.1) is 0 Å². The van der Waals surface area contributed by atoms with Crippen molar-refractivity contribution in [1.29, 1.82) is 0 Å². The van der Waals surface area contributed by atoms with Gasteiger partial charge in [-0.2, -0.15) is 4.31 Å². The minimum Gasteiger partial charge on any atom is -0.309 e. The smallest absolute Gasteiger partial charge is 0.244 e. The number of nitrogens with one attached hydrogen (secondary N) is 1. The number of hydrogen-bond acceptors (Lipinski definition) is 5. The van der Waals surface area contributed by atoms with Gasteiger partial charge in [0.2, 0.25) is 15.9 Å². The number of fused-ring (bicyclic) bond motifs is 1. The van der Waals surface area contributed by atoms with Gasteiger partial charge in [0.15, 0.2) is 0 Å². The second kappa shape index (κ2) is 8.29. The Kier molecular flexibility index (Phi) is 5.53. The number of aryl methyl sites for hydroxylation is 1. The molecule has 3 aromatic heterocycles. The lowest BCUT2D eigenvalue weighted by Gasteiger charge is -2.17. The molecule has 3 heterocycles. The van der Waals surface area contributed by atoms with Crippen molar-refractivity contribution in [3.8, 4) is 11.3 Å². The number of rotatable bonds is 6. The first-order valence-corrected chi connectivity index (χ1v) is 11.0. The summed E-state index contributed by atoms with van der Waals surface area (Å²) in [6, 6.07) is 16.3. The van der Waals surface area contributed by atoms with Gasteiger partial charge < -0.3 is 5.32 Å². The Morgan fingerprint density at radius 1 is 1.10 bits per heavy atom. The molecule has 1 aromatic carbocycles. The Balaban J connectivity index is 1.65. The quantitative estimate of drug-likeness (QED) is 0.502. The lowest BCUT2D eigenvalue weighted by Crippen LogP contribution is -2.35. The molecule has 1 amide bonds. The number of imidazole rings is 1. The Morgan fingerprint density at radius 3 is 2.58 bits per heavy atom. The van der Waals surface area contributed by atoms with Crippen molar-refractivity contribution in [3.63, 3.8) is 0 Å². The molecule has 9 heteroatoms. The van der Waals surface area contributed by atoms with Crippen molar-refractivity contribution in [3.05, 3.63) is 78.8 Å². The molecule has 0 spiro atoms. The summed E-state index contributed by atoms with van der Waals surface area (Å²) in [6.07, 6.45) is 4.56. The van der Waals surface area contributed by atoms with Crippen LogP contribution >= 0.6 is 0 Å². The molecule has 0 saturated carbocycles. The normalized spacial score (nSPS) is 11.7. The zero-order valence-electron chi connectivity index (χ0n) is 17.1. The highest BCUT2D eigenvalue weighted by atomic mass is 32.2. The number of amides is 1. The molecule has 8 nitrogen and oxygen atoms in total. The molecule has 4 aromatic rings. The molecule has 0 bridgehead atoms. The fourth-order valence-electron chi connectivity index (χ4n) is 3.26. The van der Waals surface area contributed by atoms with E-state index < -0.39 is 15.9 Å². The number of anilines is 1. The average Bonchev–Trinajstić information content (AvgIpc) is 3.14. The number of benzene rings is 1. The van der Waals surface area contributed by atoms with Crippen LogP contribution in [0.1, 0.15) is 5.56 Å². The minimum atomic E-state index is -3.84. The topological polar surface area (TPSA) is 96.7 Å². The maximum Gasteiger partial charge on any atom is 0.244 e. The van der Waals surface area contributed by atoms with Crippen molar-refractivity contribution in [2.45, 2.75) is 11.8 Å². The van der Waals surface area contributed by atoms with Crippen molar-refractivity contribution >= 4 is 27.4 Å². The summed E-state index contributed by atoms with van der Waals surface area (Å²) in [5.41, 5.74) is 3.13. The second-order valence-electron chi connectivity index (χ2n) is 7.06. The standard InChI is InChI=1S/C22H21N5O3S/c1-16-8-7-13-27-21(16)25-20(17-9-4-3-5-10-17)22(27)24-19(28)15-26(2)31(29,30)18-11-6-12-23-14-18/h3-14H,15H2,1-2H3,(H,24,28). The second-order valence-corrected chi connectivity index (χ2v) is 9.10. The molecule has 0 radical (unpaired) electrons. The molecule has 0 aliphatic rings. The van der Waals surface area contributed by atoms with Gasteiger partial charge in [-0.25, -0.2) is 13.4 Å². The van der Waals surface area contributed by atoms with E-state index in [1.54, 1.807) is 4.40 Å². The van der Waals surface area contributed by atoms with Crippen LogP contribution in [0.25, 0.3) is 16.9 Å². The number of pyridine rings is 2. The van der Waals surface area contributed by atoms with Gasteiger partial charge in [-0.05, 0) is 30.7 Å². The first kappa shape index (κ1) is 20.7. The van der Waals surface area contributed by atoms with E-state index in [9.17, 15) is 13.2 Å². The number of sulfonamides is 1. The summed E-state index contributed by atoms with van der Waals surface area (Å²) in [5, 5.41) is 2.85. The molecule has 4 rings (SSSR count). The fourth-order valence-corrected chi connectivity index (χ4v) is 4.35. The van der Waals surface area contributed by atoms with Crippen LogP contribution in [0, 0.1) is 6.92 Å². The SMILES string of the molecule is Cc1cccn2c(NC(=O)CN(C)S(=O)(=O)c3cccnc3)c(-c3ccccc3)nc12. The highest BCUT2D eigenvalue weighted by Gasteiger charge is 2.24. The average molecular weight is 436 g/mol. The molecule has 1 N–H and O–H groups in total. The molecule has 0 aliphatic heterocycles. The van der Waals surface area contributed by atoms with Crippen LogP contribution in [0.15, 0.2) is 78.1 Å². The molecule has 0 unspecified atom stereocenters. The number of carbonyl (C=O) groups excluding carboxylic acids is 1. The summed E-state index contributed by atoms with van der Waals surface area (Å²) in [5.74, 6) is 0.0116. The van der Waals surface area contributed by atoms with Crippen LogP contribution in [0.5, 0.6) is 0 Å². The first-order valence-electron chi connectivity index (χ1n) is 9.57. The van der Waals surface area contributed by atoms with Crippen molar-refractivity contribution in [1.82, 2.24) is 18.7 Å². The molecular weight excluding hydrogens is 414 g/mol. The molecule has 0 aliphatic carbocycles. The van der Waals surface area contributed by atoms with Crippen LogP contribution < -0.4 is 5.32 Å². The monoisotopic (exact) mass is 435 g/mol. The van der Waals surface area contributed by atoms with Crippen LogP contribution in [0.2, 0.25) is 0 Å². The zero-order chi connectivity index (χ0) is 22.0. The van der Waals surface area contributed by atoms with E-state index in [1.807, 2.05) is 55.6 Å². The lowest BCUT2D eigenvalue weighted by atomic mass is 10.1. The summed E-state index contributed by atoms with van der Waals surface area (Å²) >= 11 is 0. The highest BCUT2D eigenvalue weighted by Crippen LogP contribution is 2.29. The molecule has 0 saturated heterocycles. The van der Waals surface area contributed by atoms with Crippen molar-refractivity contribution in [2.24, 2.45) is 0 Å². The molecular formula is C22H21N5O3S. The van der Waals surface area contributed by atoms with E-state index in [1.165, 1.54) is 31.6 Å². The van der Waals surface area contributed by atoms with Gasteiger partial charge in [0.1, 0.15) is 22.1 Å². The van der Waals surface area contributed by atoms with Gasteiger partial charge in [-0.3, -0.25) is 14.2 Å². The number of nitrogens with zero attached hydrogens (tertiary/aromatic N) is 4. The van der Waals surface area contributed by atoms with Gasteiger partial charge in [0.25, 0.3) is 0 Å². The van der Waals surface area contributed by atoms with Crippen LogP contribution in [0.3, 0.4) is 0 Å². The predicted molar refractivity (Wildman–Crippen MR) is 118 cm³/mol. The van der Waals surface area contributed by atoms with Crippen molar-refractivity contribution in [2.75, 3.05) is 18.9 Å². The maximum absolute atomic E-state index is 12.8. The third-order valence-electron chi connectivity index (χ3n) is 4.86. The van der Waals surface area contributed by atoms with Crippen LogP contribution in [-0.4, -0.2) is 46.6 Å². The van der Waals surface area contributed by atoms with Crippen molar-refractivity contribution < 1.29 is 13.2 Å². The Labute approximate surface area is 180 Å². The van der Waals surface area contributed by atoms with E-state index >= 15 is 0 Å². The summed E-state index contributed by atoms with van der Waals surface area (Å²) in [7, 11) is -2.48. The Bertz CT molecular complexity index is 1340. The van der Waals surface area contributed by atoms with Gasteiger partial charge in [0.05, 0.1) is 6.54 Å². The molecule has 31 heavy (non-hydrogen) atoms. The lowest BCUT2D eigenvalue weighted by molar-refractivity contribution is -0.116. The fraction of sp³-hybridized carbons (Fsp3) is 0.136. The Hall–Kier alpha value is -3.56. The highest BCUT2D eigenvalue weighted by molar-refractivity contribution is 7.89. The zero-order valence-corrected chi connectivity index (χ0v) is 17.9.